The molecule has 4 nitrogen and oxygen atoms in total. The molecular weight excluding hydrogens is 200 g/mol. The molecule has 4 heteroatoms. The van der Waals surface area contributed by atoms with Crippen LogP contribution in [0.1, 0.15) is 11.4 Å². The summed E-state index contributed by atoms with van der Waals surface area (Å²) in [6, 6.07) is 5.78. The highest BCUT2D eigenvalue weighted by molar-refractivity contribution is 5.53. The Morgan fingerprint density at radius 3 is 2.62 bits per heavy atom. The maximum atomic E-state index is 5.53. The van der Waals surface area contributed by atoms with Gasteiger partial charge in [0.25, 0.3) is 0 Å². The van der Waals surface area contributed by atoms with Gasteiger partial charge in [-0.05, 0) is 31.7 Å². The zero-order valence-electron chi connectivity index (χ0n) is 9.22. The molecule has 0 atom stereocenters. The van der Waals surface area contributed by atoms with E-state index >= 15 is 0 Å². The maximum absolute atomic E-state index is 5.53. The van der Waals surface area contributed by atoms with Crippen molar-refractivity contribution in [2.45, 2.75) is 13.3 Å². The third kappa shape index (κ3) is 2.41. The number of nitrogens with two attached hydrogens (primary N) is 1. The molecule has 0 bridgehead atoms. The van der Waals surface area contributed by atoms with Crippen LogP contribution in [0.4, 0.5) is 0 Å². The lowest BCUT2D eigenvalue weighted by Gasteiger charge is -2.04. The van der Waals surface area contributed by atoms with E-state index in [4.69, 9.17) is 5.73 Å². The Morgan fingerprint density at radius 1 is 1.19 bits per heavy atom. The Labute approximate surface area is 94.6 Å². The van der Waals surface area contributed by atoms with Crippen LogP contribution in [-0.4, -0.2) is 21.5 Å². The van der Waals surface area contributed by atoms with Gasteiger partial charge in [0.2, 0.25) is 0 Å². The summed E-state index contributed by atoms with van der Waals surface area (Å²) in [4.78, 5) is 12.9. The Morgan fingerprint density at radius 2 is 1.94 bits per heavy atom. The second kappa shape index (κ2) is 4.81. The summed E-state index contributed by atoms with van der Waals surface area (Å²) in [5.74, 6) is 0.742. The Bertz CT molecular complexity index is 468. The smallest absolute Gasteiger partial charge is 0.159 e. The van der Waals surface area contributed by atoms with E-state index in [0.717, 1.165) is 29.2 Å². The Hall–Kier alpha value is -1.81. The Kier molecular flexibility index (Phi) is 3.22. The molecule has 2 rings (SSSR count). The number of rotatable bonds is 3. The number of nitrogens with zero attached hydrogens (tertiary/aromatic N) is 3. The molecule has 0 fully saturated rings. The lowest BCUT2D eigenvalue weighted by molar-refractivity contribution is 0.904. The van der Waals surface area contributed by atoms with E-state index in [1.54, 1.807) is 12.4 Å². The molecule has 0 spiro atoms. The third-order valence-electron chi connectivity index (χ3n) is 2.25. The molecule has 2 N–H and O–H groups in total. The predicted octanol–water partition coefficient (Wildman–Crippen LogP) is 1.35. The fourth-order valence-electron chi connectivity index (χ4n) is 1.54. The first kappa shape index (κ1) is 10.7. The SMILES string of the molecule is Cc1cc(CCN)nc(-c2ccncc2)n1. The summed E-state index contributed by atoms with van der Waals surface area (Å²) in [6.45, 7) is 2.57. The topological polar surface area (TPSA) is 64.7 Å². The highest BCUT2D eigenvalue weighted by atomic mass is 14.9. The minimum absolute atomic E-state index is 0.603. The monoisotopic (exact) mass is 214 g/mol. The van der Waals surface area contributed by atoms with Crippen LogP contribution >= 0.6 is 0 Å². The molecule has 82 valence electrons. The van der Waals surface area contributed by atoms with E-state index < -0.39 is 0 Å². The van der Waals surface area contributed by atoms with Gasteiger partial charge in [-0.25, -0.2) is 9.97 Å². The van der Waals surface area contributed by atoms with Crippen molar-refractivity contribution >= 4 is 0 Å². The molecule has 16 heavy (non-hydrogen) atoms. The summed E-state index contributed by atoms with van der Waals surface area (Å²) in [5, 5.41) is 0. The molecule has 2 aromatic rings. The van der Waals surface area contributed by atoms with Gasteiger partial charge in [0, 0.05) is 35.8 Å². The van der Waals surface area contributed by atoms with Gasteiger partial charge in [0.15, 0.2) is 5.82 Å². The normalized spacial score (nSPS) is 10.4. The van der Waals surface area contributed by atoms with Crippen molar-refractivity contribution in [3.05, 3.63) is 42.0 Å². The van der Waals surface area contributed by atoms with Crippen LogP contribution in [0.15, 0.2) is 30.6 Å². The first-order chi connectivity index (χ1) is 7.79. The van der Waals surface area contributed by atoms with Crippen LogP contribution in [0, 0.1) is 6.92 Å². The molecule has 0 aliphatic heterocycles. The first-order valence-corrected chi connectivity index (χ1v) is 5.24. The van der Waals surface area contributed by atoms with Crippen LogP contribution in [0.3, 0.4) is 0 Å². The lowest BCUT2D eigenvalue weighted by Crippen LogP contribution is -2.06. The van der Waals surface area contributed by atoms with Crippen LogP contribution in [-0.2, 0) is 6.42 Å². The number of aryl methyl sites for hydroxylation is 1. The number of hydrogen-bond acceptors (Lipinski definition) is 4. The predicted molar refractivity (Wildman–Crippen MR) is 62.8 cm³/mol. The molecule has 0 radical (unpaired) electrons. The van der Waals surface area contributed by atoms with E-state index in [-0.39, 0.29) is 0 Å². The zero-order chi connectivity index (χ0) is 11.4. The van der Waals surface area contributed by atoms with Crippen molar-refractivity contribution in [1.29, 1.82) is 0 Å². The van der Waals surface area contributed by atoms with Crippen molar-refractivity contribution in [1.82, 2.24) is 15.0 Å². The number of hydrogen-bond donors (Lipinski definition) is 1. The summed E-state index contributed by atoms with van der Waals surface area (Å²) in [5.41, 5.74) is 8.46. The van der Waals surface area contributed by atoms with Crippen LogP contribution in [0.25, 0.3) is 11.4 Å². The summed E-state index contributed by atoms with van der Waals surface area (Å²) < 4.78 is 0. The molecular formula is C12H14N4. The highest BCUT2D eigenvalue weighted by Gasteiger charge is 2.03. The molecule has 0 amide bonds. The van der Waals surface area contributed by atoms with Crippen molar-refractivity contribution in [3.8, 4) is 11.4 Å². The summed E-state index contributed by atoms with van der Waals surface area (Å²) in [7, 11) is 0. The van der Waals surface area contributed by atoms with Gasteiger partial charge in [0.1, 0.15) is 0 Å². The third-order valence-corrected chi connectivity index (χ3v) is 2.25. The molecule has 0 aromatic carbocycles. The van der Waals surface area contributed by atoms with Gasteiger partial charge in [-0.2, -0.15) is 0 Å². The average Bonchev–Trinajstić information content (AvgIpc) is 2.30. The van der Waals surface area contributed by atoms with Crippen LogP contribution in [0.2, 0.25) is 0 Å². The van der Waals surface area contributed by atoms with Crippen LogP contribution in [0.5, 0.6) is 0 Å². The summed E-state index contributed by atoms with van der Waals surface area (Å²) >= 11 is 0. The molecule has 0 saturated carbocycles. The quantitative estimate of drug-likeness (QED) is 0.837. The minimum atomic E-state index is 0.603. The second-order valence-electron chi connectivity index (χ2n) is 3.60. The molecule has 0 aliphatic carbocycles. The minimum Gasteiger partial charge on any atom is -0.330 e. The standard InChI is InChI=1S/C12H14N4/c1-9-8-11(2-5-13)16-12(15-9)10-3-6-14-7-4-10/h3-4,6-8H,2,5,13H2,1H3. The zero-order valence-corrected chi connectivity index (χ0v) is 9.22. The van der Waals surface area contributed by atoms with Gasteiger partial charge in [0.05, 0.1) is 0 Å². The lowest BCUT2D eigenvalue weighted by atomic mass is 10.2. The fraction of sp³-hybridized carbons (Fsp3) is 0.250. The Balaban J connectivity index is 2.41. The van der Waals surface area contributed by atoms with Gasteiger partial charge in [-0.3, -0.25) is 4.98 Å². The van der Waals surface area contributed by atoms with Gasteiger partial charge >= 0.3 is 0 Å². The number of aromatic nitrogens is 3. The largest absolute Gasteiger partial charge is 0.330 e. The van der Waals surface area contributed by atoms with Crippen molar-refractivity contribution in [2.75, 3.05) is 6.54 Å². The van der Waals surface area contributed by atoms with Gasteiger partial charge < -0.3 is 5.73 Å². The fourth-order valence-corrected chi connectivity index (χ4v) is 1.54. The van der Waals surface area contributed by atoms with E-state index in [9.17, 15) is 0 Å². The van der Waals surface area contributed by atoms with Crippen molar-refractivity contribution in [3.63, 3.8) is 0 Å². The van der Waals surface area contributed by atoms with Crippen LogP contribution < -0.4 is 5.73 Å². The molecule has 0 unspecified atom stereocenters. The van der Waals surface area contributed by atoms with Crippen molar-refractivity contribution in [2.24, 2.45) is 5.73 Å². The van der Waals surface area contributed by atoms with E-state index in [1.807, 2.05) is 25.1 Å². The molecule has 2 heterocycles. The molecule has 0 saturated heterocycles. The highest BCUT2D eigenvalue weighted by Crippen LogP contribution is 2.14. The van der Waals surface area contributed by atoms with Gasteiger partial charge in [-0.1, -0.05) is 0 Å². The summed E-state index contributed by atoms with van der Waals surface area (Å²) in [6.07, 6.45) is 4.26. The van der Waals surface area contributed by atoms with E-state index in [0.29, 0.717) is 6.54 Å². The van der Waals surface area contributed by atoms with Gasteiger partial charge in [-0.15, -0.1) is 0 Å². The first-order valence-electron chi connectivity index (χ1n) is 5.24. The second-order valence-corrected chi connectivity index (χ2v) is 3.60. The van der Waals surface area contributed by atoms with E-state index in [2.05, 4.69) is 15.0 Å². The molecule has 0 aliphatic rings. The average molecular weight is 214 g/mol. The van der Waals surface area contributed by atoms with Crippen molar-refractivity contribution < 1.29 is 0 Å². The van der Waals surface area contributed by atoms with E-state index in [1.165, 1.54) is 0 Å². The maximum Gasteiger partial charge on any atom is 0.159 e. The molecule has 2 aromatic heterocycles. The number of pyridine rings is 1.